The van der Waals surface area contributed by atoms with Crippen molar-refractivity contribution in [3.05, 3.63) is 66.4 Å². The van der Waals surface area contributed by atoms with Gasteiger partial charge in [-0.15, -0.1) is 0 Å². The predicted molar refractivity (Wildman–Crippen MR) is 99.3 cm³/mol. The molecule has 0 N–H and O–H groups in total. The van der Waals surface area contributed by atoms with Gasteiger partial charge in [0, 0.05) is 43.8 Å². The zero-order valence-electron chi connectivity index (χ0n) is 15.0. The van der Waals surface area contributed by atoms with E-state index in [1.54, 1.807) is 18.6 Å². The van der Waals surface area contributed by atoms with Crippen molar-refractivity contribution in [3.8, 4) is 11.6 Å². The van der Waals surface area contributed by atoms with Crippen LogP contribution < -0.4 is 4.74 Å². The van der Waals surface area contributed by atoms with E-state index in [9.17, 15) is 0 Å². The summed E-state index contributed by atoms with van der Waals surface area (Å²) >= 11 is 0. The number of hydrogen-bond donors (Lipinski definition) is 0. The van der Waals surface area contributed by atoms with E-state index in [2.05, 4.69) is 57.4 Å². The van der Waals surface area contributed by atoms with Crippen LogP contribution in [0.2, 0.25) is 0 Å². The third-order valence-electron chi connectivity index (χ3n) is 4.70. The fraction of sp³-hybridized carbons (Fsp3) is 0.350. The van der Waals surface area contributed by atoms with Crippen LogP contribution >= 0.6 is 0 Å². The number of ether oxygens (including phenoxy) is 1. The molecule has 2 aromatic heterocycles. The molecule has 0 bridgehead atoms. The van der Waals surface area contributed by atoms with E-state index in [0.717, 1.165) is 38.2 Å². The molecule has 1 aliphatic rings. The van der Waals surface area contributed by atoms with Crippen molar-refractivity contribution in [1.29, 1.82) is 0 Å². The van der Waals surface area contributed by atoms with Crippen molar-refractivity contribution in [1.82, 2.24) is 24.6 Å². The Bertz CT molecular complexity index is 823. The minimum absolute atomic E-state index is 0.221. The molecule has 0 saturated carbocycles. The van der Waals surface area contributed by atoms with Gasteiger partial charge in [0.25, 0.3) is 0 Å². The summed E-state index contributed by atoms with van der Waals surface area (Å²) in [6, 6.07) is 8.42. The van der Waals surface area contributed by atoms with E-state index < -0.39 is 0 Å². The van der Waals surface area contributed by atoms with Gasteiger partial charge in [-0.1, -0.05) is 17.7 Å². The van der Waals surface area contributed by atoms with Gasteiger partial charge in [-0.2, -0.15) is 5.10 Å². The van der Waals surface area contributed by atoms with Gasteiger partial charge in [0.15, 0.2) is 0 Å². The van der Waals surface area contributed by atoms with E-state index in [1.165, 1.54) is 11.1 Å². The van der Waals surface area contributed by atoms with Gasteiger partial charge in [-0.25, -0.2) is 9.67 Å². The van der Waals surface area contributed by atoms with Crippen molar-refractivity contribution in [2.24, 2.45) is 0 Å². The molecule has 0 aliphatic carbocycles. The lowest BCUT2D eigenvalue weighted by atomic mass is 10.1. The van der Waals surface area contributed by atoms with Gasteiger partial charge in [0.2, 0.25) is 5.88 Å². The van der Waals surface area contributed by atoms with Crippen LogP contribution in [0.15, 0.2) is 55.2 Å². The Labute approximate surface area is 153 Å². The Balaban J connectivity index is 1.30. The first-order valence-electron chi connectivity index (χ1n) is 9.02. The van der Waals surface area contributed by atoms with Crippen LogP contribution in [0.25, 0.3) is 5.69 Å². The van der Waals surface area contributed by atoms with E-state index in [4.69, 9.17) is 4.74 Å². The fourth-order valence-electron chi connectivity index (χ4n) is 3.24. The molecule has 0 unspecified atom stereocenters. The summed E-state index contributed by atoms with van der Waals surface area (Å²) in [5.41, 5.74) is 3.59. The molecular formula is C20H23N5O. The molecule has 0 radical (unpaired) electrons. The SMILES string of the molecule is Cc1ccc(-n2cc(CN3CCC(Oc4cnccn4)CC3)cn2)cc1. The molecule has 4 rings (SSSR count). The molecule has 3 aromatic rings. The van der Waals surface area contributed by atoms with Gasteiger partial charge in [0.05, 0.1) is 18.1 Å². The highest BCUT2D eigenvalue weighted by molar-refractivity contribution is 5.34. The van der Waals surface area contributed by atoms with Gasteiger partial charge in [-0.3, -0.25) is 9.88 Å². The van der Waals surface area contributed by atoms with Crippen LogP contribution in [0.3, 0.4) is 0 Å². The number of rotatable bonds is 5. The first-order chi connectivity index (χ1) is 12.8. The molecule has 3 heterocycles. The minimum Gasteiger partial charge on any atom is -0.473 e. The Morgan fingerprint density at radius 1 is 1.08 bits per heavy atom. The molecule has 6 nitrogen and oxygen atoms in total. The van der Waals surface area contributed by atoms with Crippen LogP contribution in [-0.4, -0.2) is 43.8 Å². The van der Waals surface area contributed by atoms with Gasteiger partial charge in [-0.05, 0) is 31.9 Å². The molecule has 134 valence electrons. The summed E-state index contributed by atoms with van der Waals surface area (Å²) in [4.78, 5) is 10.7. The molecule has 1 fully saturated rings. The Kier molecular flexibility index (Phi) is 4.93. The summed E-state index contributed by atoms with van der Waals surface area (Å²) in [5, 5.41) is 4.50. The highest BCUT2D eigenvalue weighted by atomic mass is 16.5. The average molecular weight is 349 g/mol. The maximum Gasteiger partial charge on any atom is 0.232 e. The van der Waals surface area contributed by atoms with Crippen molar-refractivity contribution < 1.29 is 4.74 Å². The molecular weight excluding hydrogens is 326 g/mol. The topological polar surface area (TPSA) is 56.1 Å². The normalized spacial score (nSPS) is 15.9. The largest absolute Gasteiger partial charge is 0.473 e. The number of benzene rings is 1. The fourth-order valence-corrected chi connectivity index (χ4v) is 3.24. The van der Waals surface area contributed by atoms with Gasteiger partial charge in [0.1, 0.15) is 6.10 Å². The lowest BCUT2D eigenvalue weighted by molar-refractivity contribution is 0.0929. The van der Waals surface area contributed by atoms with E-state index in [-0.39, 0.29) is 6.10 Å². The molecule has 0 atom stereocenters. The van der Waals surface area contributed by atoms with Crippen LogP contribution in [0, 0.1) is 6.92 Å². The number of nitrogens with zero attached hydrogens (tertiary/aromatic N) is 5. The molecule has 1 aromatic carbocycles. The third-order valence-corrected chi connectivity index (χ3v) is 4.70. The van der Waals surface area contributed by atoms with Gasteiger partial charge >= 0.3 is 0 Å². The maximum atomic E-state index is 5.91. The highest BCUT2D eigenvalue weighted by Gasteiger charge is 2.21. The number of likely N-dealkylation sites (tertiary alicyclic amines) is 1. The number of aryl methyl sites for hydroxylation is 1. The summed E-state index contributed by atoms with van der Waals surface area (Å²) in [7, 11) is 0. The van der Waals surface area contributed by atoms with Crippen LogP contribution in [0.5, 0.6) is 5.88 Å². The van der Waals surface area contributed by atoms with Crippen LogP contribution in [0.1, 0.15) is 24.0 Å². The molecule has 26 heavy (non-hydrogen) atoms. The second kappa shape index (κ2) is 7.66. The third kappa shape index (κ3) is 4.08. The first-order valence-corrected chi connectivity index (χ1v) is 9.02. The molecule has 6 heteroatoms. The monoisotopic (exact) mass is 349 g/mol. The summed E-state index contributed by atoms with van der Waals surface area (Å²) in [5.74, 6) is 0.616. The highest BCUT2D eigenvalue weighted by Crippen LogP contribution is 2.18. The smallest absolute Gasteiger partial charge is 0.232 e. The number of piperidine rings is 1. The summed E-state index contributed by atoms with van der Waals surface area (Å²) < 4.78 is 7.85. The molecule has 1 saturated heterocycles. The van der Waals surface area contributed by atoms with Gasteiger partial charge < -0.3 is 4.74 Å². The van der Waals surface area contributed by atoms with Crippen LogP contribution in [0.4, 0.5) is 0 Å². The van der Waals surface area contributed by atoms with Crippen molar-refractivity contribution >= 4 is 0 Å². The summed E-state index contributed by atoms with van der Waals surface area (Å²) in [6.07, 6.45) is 11.3. The van der Waals surface area contributed by atoms with Crippen molar-refractivity contribution in [2.75, 3.05) is 13.1 Å². The van der Waals surface area contributed by atoms with Crippen molar-refractivity contribution in [3.63, 3.8) is 0 Å². The van der Waals surface area contributed by atoms with E-state index >= 15 is 0 Å². The zero-order chi connectivity index (χ0) is 17.8. The molecule has 0 amide bonds. The average Bonchev–Trinajstić information content (AvgIpc) is 3.13. The Hall–Kier alpha value is -2.73. The first kappa shape index (κ1) is 16.7. The summed E-state index contributed by atoms with van der Waals surface area (Å²) in [6.45, 7) is 5.04. The minimum atomic E-state index is 0.221. The Morgan fingerprint density at radius 2 is 1.88 bits per heavy atom. The van der Waals surface area contributed by atoms with E-state index in [1.807, 2.05) is 10.9 Å². The number of aromatic nitrogens is 4. The van der Waals surface area contributed by atoms with Crippen molar-refractivity contribution in [2.45, 2.75) is 32.4 Å². The standard InChI is InChI=1S/C20H23N5O/c1-16-2-4-18(5-3-16)25-15-17(12-23-25)14-24-10-6-19(7-11-24)26-20-13-21-8-9-22-20/h2-5,8-9,12-13,15,19H,6-7,10-11,14H2,1H3. The Morgan fingerprint density at radius 3 is 2.62 bits per heavy atom. The zero-order valence-corrected chi connectivity index (χ0v) is 15.0. The maximum absolute atomic E-state index is 5.91. The molecule has 0 spiro atoms. The van der Waals surface area contributed by atoms with Crippen LogP contribution in [-0.2, 0) is 6.54 Å². The lowest BCUT2D eigenvalue weighted by Crippen LogP contribution is -2.37. The quantitative estimate of drug-likeness (QED) is 0.709. The molecule has 1 aliphatic heterocycles. The second-order valence-electron chi connectivity index (χ2n) is 6.77. The second-order valence-corrected chi connectivity index (χ2v) is 6.77. The van der Waals surface area contributed by atoms with E-state index in [0.29, 0.717) is 5.88 Å². The predicted octanol–water partition coefficient (Wildman–Crippen LogP) is 3.01. The number of hydrogen-bond acceptors (Lipinski definition) is 5. The lowest BCUT2D eigenvalue weighted by Gasteiger charge is -2.31.